The molecule has 0 heterocycles. The quantitative estimate of drug-likeness (QED) is 0.859. The lowest BCUT2D eigenvalue weighted by Crippen LogP contribution is -2.43. The highest BCUT2D eigenvalue weighted by molar-refractivity contribution is 5.74. The Morgan fingerprint density at radius 2 is 1.55 bits per heavy atom. The molecule has 0 radical (unpaired) electrons. The van der Waals surface area contributed by atoms with Gasteiger partial charge in [-0.15, -0.1) is 0 Å². The molecule has 1 atom stereocenters. The fraction of sp³-hybridized carbons (Fsp3) is 0.316. The molecule has 0 fully saturated rings. The summed E-state index contributed by atoms with van der Waals surface area (Å²) in [7, 11) is 0. The van der Waals surface area contributed by atoms with Crippen LogP contribution < -0.4 is 10.6 Å². The van der Waals surface area contributed by atoms with Gasteiger partial charge >= 0.3 is 6.03 Å². The monoisotopic (exact) mass is 296 g/mol. The van der Waals surface area contributed by atoms with E-state index in [0.29, 0.717) is 6.54 Å². The van der Waals surface area contributed by atoms with Gasteiger partial charge in [-0.1, -0.05) is 74.5 Å². The lowest BCUT2D eigenvalue weighted by atomic mass is 9.85. The largest absolute Gasteiger partial charge is 0.337 e. The van der Waals surface area contributed by atoms with Gasteiger partial charge in [0.2, 0.25) is 0 Å². The average molecular weight is 296 g/mol. The second-order valence-corrected chi connectivity index (χ2v) is 6.21. The van der Waals surface area contributed by atoms with E-state index < -0.39 is 0 Å². The molecule has 0 saturated heterocycles. The summed E-state index contributed by atoms with van der Waals surface area (Å²) in [5.41, 5.74) is 2.21. The predicted molar refractivity (Wildman–Crippen MR) is 90.9 cm³/mol. The van der Waals surface area contributed by atoms with Gasteiger partial charge < -0.3 is 10.6 Å². The first kappa shape index (κ1) is 16.1. The third kappa shape index (κ3) is 4.35. The Hall–Kier alpha value is -2.29. The third-order valence-corrected chi connectivity index (χ3v) is 3.89. The lowest BCUT2D eigenvalue weighted by Gasteiger charge is -2.26. The first-order valence-electron chi connectivity index (χ1n) is 7.64. The van der Waals surface area contributed by atoms with Gasteiger partial charge in [0.05, 0.1) is 6.04 Å². The summed E-state index contributed by atoms with van der Waals surface area (Å²) >= 11 is 0. The van der Waals surface area contributed by atoms with Crippen LogP contribution in [0, 0.1) is 0 Å². The summed E-state index contributed by atoms with van der Waals surface area (Å²) in [6.45, 7) is 6.83. The van der Waals surface area contributed by atoms with E-state index in [1.54, 1.807) is 0 Å². The molecule has 0 saturated carbocycles. The molecule has 22 heavy (non-hydrogen) atoms. The molecule has 2 amide bonds. The van der Waals surface area contributed by atoms with Crippen LogP contribution in [0.15, 0.2) is 60.7 Å². The van der Waals surface area contributed by atoms with E-state index in [1.807, 2.05) is 55.5 Å². The van der Waals surface area contributed by atoms with E-state index in [-0.39, 0.29) is 17.5 Å². The molecular weight excluding hydrogens is 272 g/mol. The van der Waals surface area contributed by atoms with E-state index in [9.17, 15) is 4.79 Å². The van der Waals surface area contributed by atoms with E-state index in [0.717, 1.165) is 5.56 Å². The van der Waals surface area contributed by atoms with Gasteiger partial charge in [-0.25, -0.2) is 4.79 Å². The van der Waals surface area contributed by atoms with E-state index in [2.05, 4.69) is 36.6 Å². The molecule has 2 N–H and O–H groups in total. The summed E-state index contributed by atoms with van der Waals surface area (Å²) in [5, 5.41) is 5.94. The molecule has 0 bridgehead atoms. The number of hydrogen-bond donors (Lipinski definition) is 2. The van der Waals surface area contributed by atoms with Gasteiger partial charge in [-0.05, 0) is 18.1 Å². The second-order valence-electron chi connectivity index (χ2n) is 6.21. The third-order valence-electron chi connectivity index (χ3n) is 3.89. The highest BCUT2D eigenvalue weighted by Crippen LogP contribution is 2.21. The highest BCUT2D eigenvalue weighted by atomic mass is 16.2. The smallest absolute Gasteiger partial charge is 0.315 e. The van der Waals surface area contributed by atoms with Crippen molar-refractivity contribution in [2.75, 3.05) is 6.54 Å². The van der Waals surface area contributed by atoms with Crippen molar-refractivity contribution >= 4 is 6.03 Å². The summed E-state index contributed by atoms with van der Waals surface area (Å²) in [6, 6.07) is 20.0. The topological polar surface area (TPSA) is 41.1 Å². The Labute approximate surface area is 132 Å². The minimum Gasteiger partial charge on any atom is -0.337 e. The molecule has 116 valence electrons. The van der Waals surface area contributed by atoms with Gasteiger partial charge in [-0.2, -0.15) is 0 Å². The Bertz CT molecular complexity index is 593. The minimum absolute atomic E-state index is 0.0129. The van der Waals surface area contributed by atoms with Crippen molar-refractivity contribution in [3.63, 3.8) is 0 Å². The van der Waals surface area contributed by atoms with Crippen LogP contribution in [-0.4, -0.2) is 12.6 Å². The Kier molecular flexibility index (Phi) is 5.21. The maximum atomic E-state index is 12.1. The standard InChI is InChI=1S/C19H24N2O/c1-15(16-10-6-4-7-11-16)21-18(22)20-14-19(2,3)17-12-8-5-9-13-17/h4-13,15H,14H2,1-3H3,(H2,20,21,22). The van der Waals surface area contributed by atoms with Gasteiger partial charge in [0.25, 0.3) is 0 Å². The zero-order valence-electron chi connectivity index (χ0n) is 13.5. The zero-order valence-corrected chi connectivity index (χ0v) is 13.5. The molecule has 2 aromatic carbocycles. The van der Waals surface area contributed by atoms with E-state index >= 15 is 0 Å². The minimum atomic E-state index is -0.139. The van der Waals surface area contributed by atoms with Gasteiger partial charge in [-0.3, -0.25) is 0 Å². The molecule has 0 aliphatic heterocycles. The maximum Gasteiger partial charge on any atom is 0.315 e. The van der Waals surface area contributed by atoms with Crippen LogP contribution in [-0.2, 0) is 5.41 Å². The van der Waals surface area contributed by atoms with Crippen LogP contribution >= 0.6 is 0 Å². The summed E-state index contributed by atoms with van der Waals surface area (Å²) < 4.78 is 0. The number of amides is 2. The van der Waals surface area contributed by atoms with E-state index in [1.165, 1.54) is 5.56 Å². The molecule has 1 unspecified atom stereocenters. The first-order chi connectivity index (χ1) is 10.5. The highest BCUT2D eigenvalue weighted by Gasteiger charge is 2.21. The lowest BCUT2D eigenvalue weighted by molar-refractivity contribution is 0.235. The molecule has 2 aromatic rings. The van der Waals surface area contributed by atoms with Gasteiger partial charge in [0, 0.05) is 12.0 Å². The Morgan fingerprint density at radius 1 is 1.00 bits per heavy atom. The van der Waals surface area contributed by atoms with Crippen LogP contribution in [0.5, 0.6) is 0 Å². The van der Waals surface area contributed by atoms with Crippen LogP contribution in [0.3, 0.4) is 0 Å². The molecule has 0 spiro atoms. The Balaban J connectivity index is 1.88. The van der Waals surface area contributed by atoms with Gasteiger partial charge in [0.15, 0.2) is 0 Å². The number of benzene rings is 2. The van der Waals surface area contributed by atoms with Crippen molar-refractivity contribution in [2.24, 2.45) is 0 Å². The molecule has 3 nitrogen and oxygen atoms in total. The molecule has 0 aliphatic rings. The van der Waals surface area contributed by atoms with Crippen molar-refractivity contribution < 1.29 is 4.79 Å². The fourth-order valence-corrected chi connectivity index (χ4v) is 2.37. The van der Waals surface area contributed by atoms with Crippen LogP contribution in [0.2, 0.25) is 0 Å². The molecule has 2 rings (SSSR count). The number of urea groups is 1. The van der Waals surface area contributed by atoms with Crippen molar-refractivity contribution in [1.82, 2.24) is 10.6 Å². The SMILES string of the molecule is CC(NC(=O)NCC(C)(C)c1ccccc1)c1ccccc1. The maximum absolute atomic E-state index is 12.1. The van der Waals surface area contributed by atoms with Crippen molar-refractivity contribution in [2.45, 2.75) is 32.2 Å². The molecular formula is C19H24N2O. The number of rotatable bonds is 5. The van der Waals surface area contributed by atoms with E-state index in [4.69, 9.17) is 0 Å². The normalized spacial score (nSPS) is 12.5. The molecule has 0 aliphatic carbocycles. The average Bonchev–Trinajstić information content (AvgIpc) is 2.55. The number of nitrogens with one attached hydrogen (secondary N) is 2. The Morgan fingerprint density at radius 3 is 2.14 bits per heavy atom. The van der Waals surface area contributed by atoms with Gasteiger partial charge in [0.1, 0.15) is 0 Å². The summed E-state index contributed by atoms with van der Waals surface area (Å²) in [5.74, 6) is 0. The first-order valence-corrected chi connectivity index (χ1v) is 7.64. The second kappa shape index (κ2) is 7.12. The summed E-state index contributed by atoms with van der Waals surface area (Å²) in [6.07, 6.45) is 0. The van der Waals surface area contributed by atoms with Crippen LogP contribution in [0.4, 0.5) is 4.79 Å². The molecule has 0 aromatic heterocycles. The number of carbonyl (C=O) groups excluding carboxylic acids is 1. The van der Waals surface area contributed by atoms with Crippen molar-refractivity contribution in [3.05, 3.63) is 71.8 Å². The fourth-order valence-electron chi connectivity index (χ4n) is 2.37. The zero-order chi connectivity index (χ0) is 16.0. The molecule has 3 heteroatoms. The predicted octanol–water partition coefficient (Wildman–Crippen LogP) is 4.02. The van der Waals surface area contributed by atoms with Crippen LogP contribution in [0.1, 0.15) is 37.9 Å². The van der Waals surface area contributed by atoms with Crippen LogP contribution in [0.25, 0.3) is 0 Å². The van der Waals surface area contributed by atoms with Crippen molar-refractivity contribution in [3.8, 4) is 0 Å². The van der Waals surface area contributed by atoms with Crippen molar-refractivity contribution in [1.29, 1.82) is 0 Å². The number of hydrogen-bond acceptors (Lipinski definition) is 1. The summed E-state index contributed by atoms with van der Waals surface area (Å²) in [4.78, 5) is 12.1. The number of carbonyl (C=O) groups is 1.